The molecule has 1 aromatic carbocycles. The summed E-state index contributed by atoms with van der Waals surface area (Å²) in [6.07, 6.45) is 5.66. The maximum atomic E-state index is 13.1. The van der Waals surface area contributed by atoms with Crippen molar-refractivity contribution >= 4 is 17.8 Å². The summed E-state index contributed by atoms with van der Waals surface area (Å²) < 4.78 is 13.1. The lowest BCUT2D eigenvalue weighted by Crippen LogP contribution is -2.46. The van der Waals surface area contributed by atoms with Crippen molar-refractivity contribution in [3.8, 4) is 0 Å². The molecule has 0 spiro atoms. The topological polar surface area (TPSA) is 95.5 Å². The molecular weight excluding hydrogens is 351 g/mol. The first-order valence-electron chi connectivity index (χ1n) is 9.42. The molecule has 2 amide bonds. The summed E-state index contributed by atoms with van der Waals surface area (Å²) in [4.78, 5) is 35.7. The lowest BCUT2D eigenvalue weighted by molar-refractivity contribution is -0.138. The van der Waals surface area contributed by atoms with Crippen LogP contribution >= 0.6 is 0 Å². The van der Waals surface area contributed by atoms with Crippen LogP contribution in [0.3, 0.4) is 0 Å². The van der Waals surface area contributed by atoms with Crippen LogP contribution in [0, 0.1) is 11.7 Å². The smallest absolute Gasteiger partial charge is 0.305 e. The van der Waals surface area contributed by atoms with Crippen LogP contribution in [0.5, 0.6) is 0 Å². The fourth-order valence-electron chi connectivity index (χ4n) is 3.44. The number of carbonyl (C=O) groups excluding carboxylic acids is 2. The summed E-state index contributed by atoms with van der Waals surface area (Å²) in [6, 6.07) is 3.73. The quantitative estimate of drug-likeness (QED) is 0.648. The van der Waals surface area contributed by atoms with Gasteiger partial charge < -0.3 is 15.7 Å². The molecule has 7 heteroatoms. The predicted octanol–water partition coefficient (Wildman–Crippen LogP) is 2.93. The van der Waals surface area contributed by atoms with E-state index in [0.29, 0.717) is 17.9 Å². The largest absolute Gasteiger partial charge is 0.481 e. The molecule has 1 saturated carbocycles. The molecule has 1 aliphatic rings. The molecule has 1 aromatic rings. The van der Waals surface area contributed by atoms with Gasteiger partial charge in [0.2, 0.25) is 11.8 Å². The van der Waals surface area contributed by atoms with Gasteiger partial charge in [-0.25, -0.2) is 4.39 Å². The number of halogens is 1. The number of benzene rings is 1. The van der Waals surface area contributed by atoms with Gasteiger partial charge in [0.15, 0.2) is 0 Å². The number of nitrogens with one attached hydrogen (secondary N) is 2. The molecule has 1 fully saturated rings. The second-order valence-electron chi connectivity index (χ2n) is 7.21. The van der Waals surface area contributed by atoms with Crippen LogP contribution in [0.4, 0.5) is 4.39 Å². The van der Waals surface area contributed by atoms with Crippen LogP contribution in [0.2, 0.25) is 0 Å². The zero-order valence-electron chi connectivity index (χ0n) is 15.5. The molecule has 3 N–H and O–H groups in total. The zero-order valence-corrected chi connectivity index (χ0v) is 15.5. The number of carboxylic acids is 1. The molecule has 6 nitrogen and oxygen atoms in total. The van der Waals surface area contributed by atoms with Crippen LogP contribution in [-0.2, 0) is 14.4 Å². The van der Waals surface area contributed by atoms with Gasteiger partial charge in [-0.3, -0.25) is 14.4 Å². The first kappa shape index (κ1) is 20.9. The lowest BCUT2D eigenvalue weighted by Gasteiger charge is -2.23. The number of rotatable bonds is 8. The van der Waals surface area contributed by atoms with E-state index < -0.39 is 29.8 Å². The van der Waals surface area contributed by atoms with E-state index >= 15 is 0 Å². The fourth-order valence-corrected chi connectivity index (χ4v) is 3.44. The summed E-state index contributed by atoms with van der Waals surface area (Å²) in [5, 5.41) is 14.4. The normalized spacial score (nSPS) is 17.0. The van der Waals surface area contributed by atoms with Gasteiger partial charge in [0.1, 0.15) is 11.9 Å². The Morgan fingerprint density at radius 3 is 2.33 bits per heavy atom. The minimum Gasteiger partial charge on any atom is -0.481 e. The van der Waals surface area contributed by atoms with Gasteiger partial charge in [-0.15, -0.1) is 0 Å². The highest BCUT2D eigenvalue weighted by molar-refractivity contribution is 5.87. The van der Waals surface area contributed by atoms with E-state index in [1.165, 1.54) is 30.7 Å². The average molecular weight is 378 g/mol. The Kier molecular flexibility index (Phi) is 7.76. The van der Waals surface area contributed by atoms with E-state index in [1.807, 2.05) is 0 Å². The van der Waals surface area contributed by atoms with Crippen LogP contribution in [0.15, 0.2) is 24.3 Å². The van der Waals surface area contributed by atoms with Crippen molar-refractivity contribution in [2.75, 3.05) is 0 Å². The van der Waals surface area contributed by atoms with E-state index in [1.54, 1.807) is 6.92 Å². The van der Waals surface area contributed by atoms with Crippen molar-refractivity contribution in [3.63, 3.8) is 0 Å². The highest BCUT2D eigenvalue weighted by Crippen LogP contribution is 2.26. The van der Waals surface area contributed by atoms with Gasteiger partial charge >= 0.3 is 5.97 Å². The van der Waals surface area contributed by atoms with Crippen LogP contribution in [0.25, 0.3) is 0 Å². The Morgan fingerprint density at radius 2 is 1.74 bits per heavy atom. The standard InChI is InChI=1S/C20H27FN2O4/c1-13(22-18(24)11-14-5-3-2-4-6-14)20(27)23-17(12-19(25)26)15-7-9-16(21)10-8-15/h7-10,13-14,17H,2-6,11-12H2,1H3,(H,22,24)(H,23,27)(H,25,26). The van der Waals surface area contributed by atoms with E-state index in [2.05, 4.69) is 10.6 Å². The molecule has 1 aliphatic carbocycles. The van der Waals surface area contributed by atoms with Gasteiger partial charge in [-0.1, -0.05) is 31.4 Å². The Morgan fingerprint density at radius 1 is 1.11 bits per heavy atom. The van der Waals surface area contributed by atoms with Crippen molar-refractivity contribution in [1.29, 1.82) is 0 Å². The first-order chi connectivity index (χ1) is 12.8. The highest BCUT2D eigenvalue weighted by Gasteiger charge is 2.24. The minimum absolute atomic E-state index is 0.166. The van der Waals surface area contributed by atoms with Gasteiger partial charge in [-0.05, 0) is 43.4 Å². The first-order valence-corrected chi connectivity index (χ1v) is 9.42. The lowest BCUT2D eigenvalue weighted by atomic mass is 9.87. The molecule has 0 saturated heterocycles. The maximum absolute atomic E-state index is 13.1. The number of carbonyl (C=O) groups is 3. The SMILES string of the molecule is CC(NC(=O)CC1CCCCC1)C(=O)NC(CC(=O)O)c1ccc(F)cc1. The van der Waals surface area contributed by atoms with Gasteiger partial charge in [0.05, 0.1) is 12.5 Å². The third kappa shape index (κ3) is 7.00. The van der Waals surface area contributed by atoms with Crippen molar-refractivity contribution < 1.29 is 23.9 Å². The van der Waals surface area contributed by atoms with Gasteiger partial charge in [0, 0.05) is 6.42 Å². The van der Waals surface area contributed by atoms with E-state index in [0.717, 1.165) is 25.7 Å². The zero-order chi connectivity index (χ0) is 19.8. The predicted molar refractivity (Wildman–Crippen MR) is 98.3 cm³/mol. The molecule has 0 bridgehead atoms. The molecule has 0 radical (unpaired) electrons. The number of carboxylic acid groups (broad SMARTS) is 1. The third-order valence-corrected chi connectivity index (χ3v) is 4.94. The molecule has 2 atom stereocenters. The second-order valence-corrected chi connectivity index (χ2v) is 7.21. The molecule has 0 aromatic heterocycles. The number of aliphatic carboxylic acids is 1. The number of hydrogen-bond donors (Lipinski definition) is 3. The molecule has 0 aliphatic heterocycles. The summed E-state index contributed by atoms with van der Waals surface area (Å²) in [5.41, 5.74) is 0.493. The summed E-state index contributed by atoms with van der Waals surface area (Å²) >= 11 is 0. The molecule has 2 rings (SSSR count). The van der Waals surface area contributed by atoms with E-state index in [4.69, 9.17) is 5.11 Å². The van der Waals surface area contributed by atoms with Crippen LogP contribution < -0.4 is 10.6 Å². The van der Waals surface area contributed by atoms with E-state index in [-0.39, 0.29) is 12.3 Å². The molecule has 0 heterocycles. The van der Waals surface area contributed by atoms with Crippen LogP contribution in [0.1, 0.15) is 63.5 Å². The number of hydrogen-bond acceptors (Lipinski definition) is 3. The summed E-state index contributed by atoms with van der Waals surface area (Å²) in [5.74, 6) is -1.79. The van der Waals surface area contributed by atoms with Crippen molar-refractivity contribution in [3.05, 3.63) is 35.6 Å². The molecule has 148 valence electrons. The maximum Gasteiger partial charge on any atom is 0.305 e. The minimum atomic E-state index is -1.08. The van der Waals surface area contributed by atoms with Crippen molar-refractivity contribution in [2.45, 2.75) is 64.0 Å². The van der Waals surface area contributed by atoms with Crippen molar-refractivity contribution in [1.82, 2.24) is 10.6 Å². The fraction of sp³-hybridized carbons (Fsp3) is 0.550. The Bertz CT molecular complexity index is 656. The van der Waals surface area contributed by atoms with Gasteiger partial charge in [0.25, 0.3) is 0 Å². The third-order valence-electron chi connectivity index (χ3n) is 4.94. The molecule has 27 heavy (non-hydrogen) atoms. The number of amides is 2. The Hall–Kier alpha value is -2.44. The molecule has 2 unspecified atom stereocenters. The summed E-state index contributed by atoms with van der Waals surface area (Å²) in [7, 11) is 0. The monoisotopic (exact) mass is 378 g/mol. The van der Waals surface area contributed by atoms with E-state index in [9.17, 15) is 18.8 Å². The van der Waals surface area contributed by atoms with Crippen molar-refractivity contribution in [2.24, 2.45) is 5.92 Å². The Balaban J connectivity index is 1.91. The van der Waals surface area contributed by atoms with Crippen LogP contribution in [-0.4, -0.2) is 28.9 Å². The Labute approximate surface area is 158 Å². The highest BCUT2D eigenvalue weighted by atomic mass is 19.1. The average Bonchev–Trinajstić information content (AvgIpc) is 2.62. The molecular formula is C20H27FN2O4. The second kappa shape index (κ2) is 10.0. The van der Waals surface area contributed by atoms with Gasteiger partial charge in [-0.2, -0.15) is 0 Å². The summed E-state index contributed by atoms with van der Waals surface area (Å²) in [6.45, 7) is 1.57.